The van der Waals surface area contributed by atoms with Gasteiger partial charge in [-0.25, -0.2) is 14.3 Å². The highest BCUT2D eigenvalue weighted by Gasteiger charge is 2.22. The number of fused-ring (bicyclic) bond motifs is 1. The minimum atomic E-state index is 0.829. The monoisotopic (exact) mass is 497 g/mol. The summed E-state index contributed by atoms with van der Waals surface area (Å²) in [6.45, 7) is 12.1. The molecule has 0 spiro atoms. The molecule has 2 saturated heterocycles. The summed E-state index contributed by atoms with van der Waals surface area (Å²) in [5.74, 6) is 1.85. The predicted octanol–water partition coefficient (Wildman–Crippen LogP) is 4.07. The van der Waals surface area contributed by atoms with Gasteiger partial charge in [-0.05, 0) is 83.4 Å². The van der Waals surface area contributed by atoms with Gasteiger partial charge in [-0.1, -0.05) is 18.9 Å². The van der Waals surface area contributed by atoms with E-state index in [2.05, 4.69) is 75.9 Å². The van der Waals surface area contributed by atoms with E-state index in [1.54, 1.807) is 11.9 Å². The summed E-state index contributed by atoms with van der Waals surface area (Å²) in [7, 11) is 4.36. The summed E-state index contributed by atoms with van der Waals surface area (Å²) in [6, 6.07) is 8.79. The van der Waals surface area contributed by atoms with Crippen LogP contribution in [0, 0.1) is 0 Å². The zero-order valence-corrected chi connectivity index (χ0v) is 22.9. The molecule has 5 rings (SSSR count). The first-order valence-corrected chi connectivity index (χ1v) is 14.4. The number of aromatic nitrogens is 2. The van der Waals surface area contributed by atoms with Crippen LogP contribution in [0.3, 0.4) is 0 Å². The summed E-state index contributed by atoms with van der Waals surface area (Å²) in [5, 5.41) is 3.54. The van der Waals surface area contributed by atoms with Crippen molar-refractivity contribution in [2.45, 2.75) is 39.2 Å². The summed E-state index contributed by atoms with van der Waals surface area (Å²) in [5.41, 5.74) is 4.84. The van der Waals surface area contributed by atoms with Crippen LogP contribution in [0.25, 0.3) is 11.4 Å². The number of nitrogens with zero attached hydrogens (tertiary/aromatic N) is 6. The molecule has 2 fully saturated rings. The molecular weight excluding hydrogens is 454 g/mol. The lowest BCUT2D eigenvalue weighted by atomic mass is 10.1. The van der Waals surface area contributed by atoms with Gasteiger partial charge in [0.2, 0.25) is 0 Å². The Balaban J connectivity index is 0.000000421. The average Bonchev–Trinajstić information content (AvgIpc) is 3.38. The van der Waals surface area contributed by atoms with Gasteiger partial charge in [0.25, 0.3) is 0 Å². The first kappa shape index (κ1) is 26.2. The second kappa shape index (κ2) is 12.9. The quantitative estimate of drug-likeness (QED) is 0.600. The van der Waals surface area contributed by atoms with E-state index in [0.29, 0.717) is 0 Å². The molecule has 0 amide bonds. The van der Waals surface area contributed by atoms with Crippen LogP contribution in [-0.2, 0) is 13.0 Å². The molecule has 35 heavy (non-hydrogen) atoms. The molecule has 0 aliphatic carbocycles. The third kappa shape index (κ3) is 7.09. The third-order valence-corrected chi connectivity index (χ3v) is 7.98. The lowest BCUT2D eigenvalue weighted by Gasteiger charge is -2.34. The van der Waals surface area contributed by atoms with Crippen molar-refractivity contribution in [3.8, 4) is 11.4 Å². The molecule has 192 valence electrons. The van der Waals surface area contributed by atoms with Gasteiger partial charge in [0.1, 0.15) is 5.82 Å². The molecule has 0 atom stereocenters. The van der Waals surface area contributed by atoms with Crippen LogP contribution in [0.5, 0.6) is 0 Å². The van der Waals surface area contributed by atoms with Gasteiger partial charge in [-0.2, -0.15) is 0 Å². The van der Waals surface area contributed by atoms with Gasteiger partial charge in [-0.3, -0.25) is 0 Å². The number of piperazine rings is 1. The van der Waals surface area contributed by atoms with Crippen molar-refractivity contribution in [1.82, 2.24) is 24.1 Å². The zero-order chi connectivity index (χ0) is 24.6. The number of hydrogen-bond donors (Lipinski definition) is 1. The van der Waals surface area contributed by atoms with Crippen LogP contribution in [-0.4, -0.2) is 96.8 Å². The summed E-state index contributed by atoms with van der Waals surface area (Å²) in [6.07, 6.45) is 7.06. The summed E-state index contributed by atoms with van der Waals surface area (Å²) < 4.78 is 2.37. The molecule has 0 radical (unpaired) electrons. The van der Waals surface area contributed by atoms with Gasteiger partial charge in [0.15, 0.2) is 5.82 Å². The average molecular weight is 498 g/mol. The van der Waals surface area contributed by atoms with Crippen LogP contribution >= 0.6 is 11.9 Å². The lowest BCUT2D eigenvalue weighted by Crippen LogP contribution is -2.44. The van der Waals surface area contributed by atoms with Crippen molar-refractivity contribution in [3.63, 3.8) is 0 Å². The van der Waals surface area contributed by atoms with E-state index in [9.17, 15) is 0 Å². The van der Waals surface area contributed by atoms with Crippen molar-refractivity contribution in [2.75, 3.05) is 82.9 Å². The van der Waals surface area contributed by atoms with Crippen molar-refractivity contribution in [2.24, 2.45) is 0 Å². The number of benzene rings is 1. The Morgan fingerprint density at radius 1 is 0.886 bits per heavy atom. The number of likely N-dealkylation sites (tertiary alicyclic amines) is 1. The Hall–Kier alpha value is -1.87. The van der Waals surface area contributed by atoms with Crippen LogP contribution < -0.4 is 10.2 Å². The first-order valence-electron chi connectivity index (χ1n) is 13.2. The molecule has 3 aliphatic heterocycles. The van der Waals surface area contributed by atoms with Crippen molar-refractivity contribution in [1.29, 1.82) is 0 Å². The Kier molecular flexibility index (Phi) is 9.66. The minimum Gasteiger partial charge on any atom is -0.370 e. The van der Waals surface area contributed by atoms with E-state index in [1.165, 1.54) is 37.2 Å². The number of likely N-dealkylation sites (N-methyl/N-ethyl adjacent to an activating group) is 1. The molecule has 0 unspecified atom stereocenters. The molecular formula is C27H43N7S. The topological polar surface area (TPSA) is 50.8 Å². The van der Waals surface area contributed by atoms with Gasteiger partial charge in [-0.15, -0.1) is 0 Å². The van der Waals surface area contributed by atoms with E-state index in [4.69, 9.17) is 9.97 Å². The second-order valence-electron chi connectivity index (χ2n) is 9.89. The maximum absolute atomic E-state index is 4.98. The first-order chi connectivity index (χ1) is 17.1. The lowest BCUT2D eigenvalue weighted by molar-refractivity contribution is 0.313. The van der Waals surface area contributed by atoms with Crippen LogP contribution in [0.2, 0.25) is 0 Å². The summed E-state index contributed by atoms with van der Waals surface area (Å²) in [4.78, 5) is 17.1. The molecule has 7 nitrogen and oxygen atoms in total. The molecule has 3 aliphatic rings. The highest BCUT2D eigenvalue weighted by Crippen LogP contribution is 2.30. The predicted molar refractivity (Wildman–Crippen MR) is 150 cm³/mol. The van der Waals surface area contributed by atoms with Crippen molar-refractivity contribution >= 4 is 23.5 Å². The molecule has 0 bridgehead atoms. The van der Waals surface area contributed by atoms with E-state index < -0.39 is 0 Å². The SMILES string of the molecule is CCCNc1nc(-c2ccc(N3CCN(C)CC3)cc2)nc2c1CCN(SC)C2.CN1CCCC1. The van der Waals surface area contributed by atoms with Gasteiger partial charge >= 0.3 is 0 Å². The Morgan fingerprint density at radius 2 is 1.57 bits per heavy atom. The highest BCUT2D eigenvalue weighted by molar-refractivity contribution is 7.96. The smallest absolute Gasteiger partial charge is 0.161 e. The zero-order valence-electron chi connectivity index (χ0n) is 22.1. The maximum atomic E-state index is 4.98. The van der Waals surface area contributed by atoms with Crippen molar-refractivity contribution < 1.29 is 0 Å². The number of rotatable bonds is 6. The van der Waals surface area contributed by atoms with Gasteiger partial charge in [0, 0.05) is 56.1 Å². The normalized spacial score (nSPS) is 19.3. The van der Waals surface area contributed by atoms with Crippen molar-refractivity contribution in [3.05, 3.63) is 35.5 Å². The second-order valence-corrected chi connectivity index (χ2v) is 10.8. The van der Waals surface area contributed by atoms with Crippen LogP contribution in [0.1, 0.15) is 37.4 Å². The highest BCUT2D eigenvalue weighted by atomic mass is 32.2. The summed E-state index contributed by atoms with van der Waals surface area (Å²) >= 11 is 1.80. The molecule has 1 aromatic heterocycles. The van der Waals surface area contributed by atoms with Crippen LogP contribution in [0.15, 0.2) is 24.3 Å². The Bertz CT molecular complexity index is 905. The van der Waals surface area contributed by atoms with Gasteiger partial charge in [0.05, 0.1) is 12.2 Å². The van der Waals surface area contributed by atoms with E-state index in [0.717, 1.165) is 81.6 Å². The minimum absolute atomic E-state index is 0.829. The van der Waals surface area contributed by atoms with E-state index >= 15 is 0 Å². The molecule has 1 N–H and O–H groups in total. The number of nitrogens with one attached hydrogen (secondary N) is 1. The molecule has 0 saturated carbocycles. The fourth-order valence-electron chi connectivity index (χ4n) is 4.84. The van der Waals surface area contributed by atoms with E-state index in [-0.39, 0.29) is 0 Å². The molecule has 2 aromatic rings. The number of anilines is 2. The standard InChI is InChI=1S/C22H32N6S.C5H11N/c1-4-10-23-22-19-9-11-28(29-3)16-20(19)24-21(25-22)17-5-7-18(8-6-17)27-14-12-26(2)13-15-27;1-6-4-2-3-5-6/h5-8H,4,9-16H2,1-3H3,(H,23,24,25);2-5H2,1H3. The Labute approximate surface area is 216 Å². The van der Waals surface area contributed by atoms with Gasteiger partial charge < -0.3 is 20.0 Å². The third-order valence-electron chi connectivity index (χ3n) is 7.15. The molecule has 8 heteroatoms. The Morgan fingerprint density at radius 3 is 2.17 bits per heavy atom. The molecule has 1 aromatic carbocycles. The fraction of sp³-hybridized carbons (Fsp3) is 0.630. The van der Waals surface area contributed by atoms with Crippen LogP contribution in [0.4, 0.5) is 11.5 Å². The fourth-order valence-corrected chi connectivity index (χ4v) is 5.37. The maximum Gasteiger partial charge on any atom is 0.161 e. The van der Waals surface area contributed by atoms with E-state index in [1.807, 2.05) is 0 Å². The number of hydrogen-bond acceptors (Lipinski definition) is 8. The molecule has 4 heterocycles. The largest absolute Gasteiger partial charge is 0.370 e.